The number of nitrogens with one attached hydrogen (secondary N) is 1. The van der Waals surface area contributed by atoms with Crippen LogP contribution in [0.1, 0.15) is 46.0 Å². The van der Waals surface area contributed by atoms with E-state index in [0.717, 1.165) is 33.8 Å². The van der Waals surface area contributed by atoms with Crippen LogP contribution in [0.25, 0.3) is 0 Å². The van der Waals surface area contributed by atoms with Gasteiger partial charge in [0.2, 0.25) is 18.6 Å². The first-order valence-electron chi connectivity index (χ1n) is 20.2. The van der Waals surface area contributed by atoms with Crippen molar-refractivity contribution in [2.75, 3.05) is 51.5 Å². The van der Waals surface area contributed by atoms with E-state index >= 15 is 14.4 Å². The van der Waals surface area contributed by atoms with Gasteiger partial charge in [-0.2, -0.15) is 0 Å². The molecule has 5 aliphatic heterocycles. The Balaban J connectivity index is 1.10. The predicted octanol–water partition coefficient (Wildman–Crippen LogP) is 5.40. The highest BCUT2D eigenvalue weighted by atomic mass is 16.7. The second kappa shape index (κ2) is 15.2. The molecule has 300 valence electrons. The predicted molar refractivity (Wildman–Crippen MR) is 217 cm³/mol. The van der Waals surface area contributed by atoms with Crippen LogP contribution in [-0.2, 0) is 31.1 Å². The summed E-state index contributed by atoms with van der Waals surface area (Å²) in [5, 5.41) is 12.6. The zero-order valence-electron chi connectivity index (χ0n) is 32.3. The summed E-state index contributed by atoms with van der Waals surface area (Å²) >= 11 is 0. The van der Waals surface area contributed by atoms with E-state index in [4.69, 9.17) is 18.9 Å². The quantitative estimate of drug-likeness (QED) is 0.187. The van der Waals surface area contributed by atoms with Crippen LogP contribution in [0.5, 0.6) is 17.2 Å². The minimum absolute atomic E-state index is 0.123. The number of piperazine rings is 1. The molecule has 59 heavy (non-hydrogen) atoms. The lowest BCUT2D eigenvalue weighted by Gasteiger charge is -2.46. The van der Waals surface area contributed by atoms with Crippen LogP contribution in [0.15, 0.2) is 127 Å². The van der Waals surface area contributed by atoms with E-state index in [1.54, 1.807) is 0 Å². The summed E-state index contributed by atoms with van der Waals surface area (Å²) in [4.78, 5) is 52.2. The van der Waals surface area contributed by atoms with E-state index in [1.165, 1.54) is 0 Å². The Morgan fingerprint density at radius 3 is 2.20 bits per heavy atom. The van der Waals surface area contributed by atoms with Crippen molar-refractivity contribution in [1.82, 2.24) is 14.7 Å². The van der Waals surface area contributed by atoms with Crippen molar-refractivity contribution in [2.24, 2.45) is 5.92 Å². The van der Waals surface area contributed by atoms with Crippen molar-refractivity contribution in [2.45, 2.75) is 36.2 Å². The number of rotatable bonds is 9. The van der Waals surface area contributed by atoms with Crippen LogP contribution in [0.3, 0.4) is 0 Å². The number of anilines is 1. The number of amides is 2. The summed E-state index contributed by atoms with van der Waals surface area (Å²) in [6.07, 6.45) is -0.748. The molecule has 2 amide bonds. The first kappa shape index (κ1) is 37.1. The number of ether oxygens (including phenoxy) is 4. The molecule has 12 nitrogen and oxygen atoms in total. The zero-order chi connectivity index (χ0) is 40.1. The molecule has 5 aromatic carbocycles. The van der Waals surface area contributed by atoms with Crippen LogP contribution in [0.4, 0.5) is 5.69 Å². The second-order valence-corrected chi connectivity index (χ2v) is 15.7. The monoisotopic (exact) mass is 792 g/mol. The molecule has 1 spiro atoms. The van der Waals surface area contributed by atoms with E-state index in [-0.39, 0.29) is 31.8 Å². The fourth-order valence-corrected chi connectivity index (χ4v) is 10.1. The van der Waals surface area contributed by atoms with Crippen LogP contribution < -0.4 is 19.5 Å². The number of carbonyl (C=O) groups is 3. The normalized spacial score (nSPS) is 26.0. The number of hydrogen-bond donors (Lipinski definition) is 2. The van der Waals surface area contributed by atoms with Gasteiger partial charge in [-0.15, -0.1) is 0 Å². The number of benzene rings is 5. The van der Waals surface area contributed by atoms with E-state index in [2.05, 4.69) is 15.1 Å². The van der Waals surface area contributed by atoms with Gasteiger partial charge in [0, 0.05) is 38.4 Å². The van der Waals surface area contributed by atoms with Crippen LogP contribution in [0.2, 0.25) is 0 Å². The fraction of sp³-hybridized carbons (Fsp3) is 0.298. The molecule has 6 unspecified atom stereocenters. The third kappa shape index (κ3) is 6.21. The molecule has 0 bridgehead atoms. The van der Waals surface area contributed by atoms with Crippen LogP contribution >= 0.6 is 0 Å². The number of carbonyl (C=O) groups excluding carboxylic acids is 3. The Labute approximate surface area is 341 Å². The Morgan fingerprint density at radius 1 is 0.763 bits per heavy atom. The number of cyclic esters (lactones) is 1. The van der Waals surface area contributed by atoms with Crippen LogP contribution in [0, 0.1) is 5.92 Å². The Morgan fingerprint density at radius 2 is 1.46 bits per heavy atom. The molecule has 0 aromatic heterocycles. The lowest BCUT2D eigenvalue weighted by molar-refractivity contribution is -0.179. The average molecular weight is 793 g/mol. The molecule has 10 rings (SSSR count). The number of para-hydroxylation sites is 1. The third-order valence-corrected chi connectivity index (χ3v) is 12.6. The maximum atomic E-state index is 15.7. The molecule has 5 aliphatic rings. The van der Waals surface area contributed by atoms with Gasteiger partial charge < -0.3 is 34.3 Å². The molecule has 0 saturated carbocycles. The molecule has 0 radical (unpaired) electrons. The molecule has 0 aliphatic carbocycles. The van der Waals surface area contributed by atoms with E-state index in [1.807, 2.05) is 132 Å². The van der Waals surface area contributed by atoms with Crippen molar-refractivity contribution >= 4 is 23.5 Å². The highest BCUT2D eigenvalue weighted by molar-refractivity contribution is 6.12. The highest BCUT2D eigenvalue weighted by Gasteiger charge is 2.74. The Kier molecular flexibility index (Phi) is 9.55. The van der Waals surface area contributed by atoms with Crippen LogP contribution in [-0.4, -0.2) is 89.8 Å². The van der Waals surface area contributed by atoms with Crippen molar-refractivity contribution in [3.05, 3.63) is 155 Å². The molecule has 3 fully saturated rings. The van der Waals surface area contributed by atoms with Crippen molar-refractivity contribution in [3.8, 4) is 17.2 Å². The molecule has 12 heteroatoms. The first-order valence-corrected chi connectivity index (χ1v) is 20.2. The minimum Gasteiger partial charge on any atom is -0.491 e. The standard InChI is InChI=1S/C47H44N4O8/c52-25-26-56-34-18-16-33(17-19-34)43-47(35-13-7-8-14-36(35)48-46(47)55)39(44(53)50-23-21-49(22-24-50)28-30-15-20-37-38(27-30)58-29-57-37)41-45(54)59-42(32-11-5-2-6-12-32)40(51(41)43)31-9-3-1-4-10-31/h1-20,27,39-43,52H,21-26,28-29H2,(H,48,55). The van der Waals surface area contributed by atoms with Crippen molar-refractivity contribution in [1.29, 1.82) is 0 Å². The third-order valence-electron chi connectivity index (χ3n) is 12.6. The molecule has 2 N–H and O–H groups in total. The molecular weight excluding hydrogens is 749 g/mol. The first-order chi connectivity index (χ1) is 28.9. The van der Waals surface area contributed by atoms with Crippen molar-refractivity contribution in [3.63, 3.8) is 0 Å². The number of aliphatic hydroxyl groups is 1. The molecule has 5 aromatic rings. The lowest BCUT2D eigenvalue weighted by Crippen LogP contribution is -2.58. The number of fused-ring (bicyclic) bond motifs is 4. The van der Waals surface area contributed by atoms with Gasteiger partial charge >= 0.3 is 5.97 Å². The fourth-order valence-electron chi connectivity index (χ4n) is 10.1. The number of hydrogen-bond acceptors (Lipinski definition) is 10. The number of aliphatic hydroxyl groups excluding tert-OH is 1. The average Bonchev–Trinajstić information content (AvgIpc) is 3.96. The summed E-state index contributed by atoms with van der Waals surface area (Å²) < 4.78 is 23.4. The van der Waals surface area contributed by atoms with Gasteiger partial charge in [0.25, 0.3) is 0 Å². The summed E-state index contributed by atoms with van der Waals surface area (Å²) in [5.41, 5.74) is 3.26. The van der Waals surface area contributed by atoms with E-state index in [9.17, 15) is 5.11 Å². The topological polar surface area (TPSA) is 130 Å². The molecule has 3 saturated heterocycles. The smallest absolute Gasteiger partial charge is 0.324 e. The molecular formula is C47H44N4O8. The Hall–Kier alpha value is -6.21. The number of nitrogens with zero attached hydrogens (tertiary/aromatic N) is 3. The lowest BCUT2D eigenvalue weighted by atomic mass is 9.65. The van der Waals surface area contributed by atoms with Gasteiger partial charge in [0.05, 0.1) is 24.6 Å². The zero-order valence-corrected chi connectivity index (χ0v) is 32.3. The second-order valence-electron chi connectivity index (χ2n) is 15.7. The van der Waals surface area contributed by atoms with E-state index in [0.29, 0.717) is 49.7 Å². The SMILES string of the molecule is O=C1OC(c2ccccc2)C(c2ccccc2)N2C1C(C(=O)N1CCN(Cc3ccc4c(c3)OCO4)CC1)C1(C(=O)Nc3ccccc31)C2c1ccc(OCCO)cc1. The van der Waals surface area contributed by atoms with Gasteiger partial charge in [-0.25, -0.2) is 0 Å². The highest BCUT2D eigenvalue weighted by Crippen LogP contribution is 2.65. The molecule has 6 atom stereocenters. The Bertz CT molecular complexity index is 2370. The summed E-state index contributed by atoms with van der Waals surface area (Å²) in [5.74, 6) is -0.279. The van der Waals surface area contributed by atoms with Crippen molar-refractivity contribution < 1.29 is 38.4 Å². The van der Waals surface area contributed by atoms with Gasteiger partial charge in [-0.3, -0.25) is 24.2 Å². The van der Waals surface area contributed by atoms with Gasteiger partial charge in [0.15, 0.2) is 11.5 Å². The number of morpholine rings is 1. The molecule has 5 heterocycles. The summed E-state index contributed by atoms with van der Waals surface area (Å²) in [6.45, 7) is 2.89. The maximum Gasteiger partial charge on any atom is 0.324 e. The number of esters is 1. The largest absolute Gasteiger partial charge is 0.491 e. The van der Waals surface area contributed by atoms with Gasteiger partial charge in [-0.1, -0.05) is 97.1 Å². The summed E-state index contributed by atoms with van der Waals surface area (Å²) in [7, 11) is 0. The van der Waals surface area contributed by atoms with Gasteiger partial charge in [0.1, 0.15) is 29.9 Å². The summed E-state index contributed by atoms with van der Waals surface area (Å²) in [6, 6.07) is 38.0. The van der Waals surface area contributed by atoms with E-state index < -0.39 is 41.5 Å². The van der Waals surface area contributed by atoms with Gasteiger partial charge in [-0.05, 0) is 58.1 Å². The maximum absolute atomic E-state index is 15.7. The minimum atomic E-state index is -1.53.